The van der Waals surface area contributed by atoms with Crippen molar-refractivity contribution in [1.29, 1.82) is 0 Å². The number of ether oxygens (including phenoxy) is 1. The molecule has 0 fully saturated rings. The number of hydrogen-bond donors (Lipinski definition) is 2. The fourth-order valence-electron chi connectivity index (χ4n) is 3.45. The van der Waals surface area contributed by atoms with Crippen molar-refractivity contribution in [2.24, 2.45) is 0 Å². The van der Waals surface area contributed by atoms with E-state index in [0.29, 0.717) is 6.42 Å². The highest BCUT2D eigenvalue weighted by atomic mass is 16.5. The first-order valence-corrected chi connectivity index (χ1v) is 12.3. The molecule has 2 N–H and O–H groups in total. The molecule has 1 unspecified atom stereocenters. The quantitative estimate of drug-likeness (QED) is 0.0871. The Hall–Kier alpha value is -0.910. The van der Waals surface area contributed by atoms with Crippen LogP contribution in [0.3, 0.4) is 0 Å². The van der Waals surface area contributed by atoms with E-state index >= 15 is 0 Å². The molecular weight excluding hydrogens is 376 g/mol. The third-order valence-electron chi connectivity index (χ3n) is 5.38. The number of methoxy groups -OCH3 is 1. The minimum absolute atomic E-state index is 0.0888. The first-order chi connectivity index (χ1) is 14.3. The smallest absolute Gasteiger partial charge is 0.305 e. The van der Waals surface area contributed by atoms with Crippen molar-refractivity contribution < 1.29 is 19.1 Å². The van der Waals surface area contributed by atoms with Crippen LogP contribution in [-0.4, -0.2) is 63.1 Å². The maximum absolute atomic E-state index is 11.0. The number of unbranched alkanes of at least 4 members (excludes halogenated alkanes) is 10. The number of aliphatic hydroxyl groups excluding tert-OH is 1. The Bertz CT molecular complexity index is 419. The number of carbonyl (C=O) groups excluding carboxylic acids is 1. The van der Waals surface area contributed by atoms with Crippen LogP contribution in [0.1, 0.15) is 96.3 Å². The third kappa shape index (κ3) is 23.4. The summed E-state index contributed by atoms with van der Waals surface area (Å²) >= 11 is 0. The summed E-state index contributed by atoms with van der Waals surface area (Å²) in [5.41, 5.74) is 0. The van der Waals surface area contributed by atoms with Gasteiger partial charge in [-0.15, -0.1) is 0 Å². The molecule has 0 rings (SSSR count). The zero-order valence-electron chi connectivity index (χ0n) is 20.5. The van der Waals surface area contributed by atoms with Crippen LogP contribution < -0.4 is 5.32 Å². The van der Waals surface area contributed by atoms with Gasteiger partial charge in [-0.3, -0.25) is 10.1 Å². The Balaban J connectivity index is 3.27. The van der Waals surface area contributed by atoms with E-state index < -0.39 is 0 Å². The van der Waals surface area contributed by atoms with Crippen molar-refractivity contribution >= 4 is 5.97 Å². The van der Waals surface area contributed by atoms with E-state index in [9.17, 15) is 9.90 Å². The molecule has 0 aromatic rings. The third-order valence-corrected chi connectivity index (χ3v) is 5.38. The van der Waals surface area contributed by atoms with Crippen LogP contribution in [0.5, 0.6) is 0 Å². The SMILES string of the molecule is COC(=O)CCCCCCC/C=C/CCCCCCCC(O)NCCC[N+](C)(C)C. The molecular formula is C25H51N2O3+. The number of aliphatic hydroxyl groups is 1. The van der Waals surface area contributed by atoms with Gasteiger partial charge in [0, 0.05) is 19.4 Å². The maximum Gasteiger partial charge on any atom is 0.305 e. The first-order valence-electron chi connectivity index (χ1n) is 12.3. The fraction of sp³-hybridized carbons (Fsp3) is 0.880. The van der Waals surface area contributed by atoms with E-state index in [1.807, 2.05) is 0 Å². The average molecular weight is 428 g/mol. The van der Waals surface area contributed by atoms with Gasteiger partial charge in [-0.1, -0.05) is 50.7 Å². The molecule has 0 amide bonds. The van der Waals surface area contributed by atoms with Crippen LogP contribution in [0, 0.1) is 0 Å². The van der Waals surface area contributed by atoms with Crippen molar-refractivity contribution in [2.75, 3.05) is 41.3 Å². The molecule has 1 atom stereocenters. The monoisotopic (exact) mass is 427 g/mol. The molecule has 5 heteroatoms. The summed E-state index contributed by atoms with van der Waals surface area (Å²) in [5.74, 6) is -0.0888. The summed E-state index contributed by atoms with van der Waals surface area (Å²) in [6, 6.07) is 0. The molecule has 0 radical (unpaired) electrons. The number of esters is 1. The highest BCUT2D eigenvalue weighted by Crippen LogP contribution is 2.10. The Kier molecular flexibility index (Phi) is 19.4. The molecule has 0 aliphatic carbocycles. The van der Waals surface area contributed by atoms with Crippen molar-refractivity contribution in [3.05, 3.63) is 12.2 Å². The molecule has 0 aromatic carbocycles. The molecule has 5 nitrogen and oxygen atoms in total. The summed E-state index contributed by atoms with van der Waals surface area (Å²) in [6.45, 7) is 2.03. The molecule has 0 aliphatic heterocycles. The Labute approximate surface area is 186 Å². The highest BCUT2D eigenvalue weighted by molar-refractivity contribution is 5.68. The molecule has 0 aliphatic rings. The van der Waals surface area contributed by atoms with E-state index in [-0.39, 0.29) is 12.2 Å². The number of hydrogen-bond acceptors (Lipinski definition) is 4. The number of nitrogens with one attached hydrogen (secondary N) is 1. The van der Waals surface area contributed by atoms with Crippen LogP contribution in [0.4, 0.5) is 0 Å². The zero-order chi connectivity index (χ0) is 22.5. The van der Waals surface area contributed by atoms with E-state index in [1.54, 1.807) is 0 Å². The minimum atomic E-state index is -0.340. The largest absolute Gasteiger partial charge is 0.469 e. The molecule has 0 spiro atoms. The van der Waals surface area contributed by atoms with Crippen LogP contribution >= 0.6 is 0 Å². The van der Waals surface area contributed by atoms with Gasteiger partial charge in [-0.05, 0) is 44.9 Å². The van der Waals surface area contributed by atoms with Gasteiger partial charge >= 0.3 is 5.97 Å². The summed E-state index contributed by atoms with van der Waals surface area (Å²) < 4.78 is 5.62. The lowest BCUT2D eigenvalue weighted by Crippen LogP contribution is -2.38. The maximum atomic E-state index is 11.0. The zero-order valence-corrected chi connectivity index (χ0v) is 20.5. The van der Waals surface area contributed by atoms with Crippen LogP contribution in [0.15, 0.2) is 12.2 Å². The van der Waals surface area contributed by atoms with Crippen LogP contribution in [0.25, 0.3) is 0 Å². The van der Waals surface area contributed by atoms with Crippen molar-refractivity contribution in [3.8, 4) is 0 Å². The molecule has 0 bridgehead atoms. The Morgan fingerprint density at radius 3 is 1.97 bits per heavy atom. The van der Waals surface area contributed by atoms with E-state index in [4.69, 9.17) is 0 Å². The van der Waals surface area contributed by atoms with E-state index in [2.05, 4.69) is 43.3 Å². The topological polar surface area (TPSA) is 58.6 Å². The summed E-state index contributed by atoms with van der Waals surface area (Å²) in [7, 11) is 8.05. The van der Waals surface area contributed by atoms with Gasteiger partial charge in [0.1, 0.15) is 6.23 Å². The van der Waals surface area contributed by atoms with Crippen LogP contribution in [0.2, 0.25) is 0 Å². The first kappa shape index (κ1) is 29.1. The predicted molar refractivity (Wildman–Crippen MR) is 127 cm³/mol. The van der Waals surface area contributed by atoms with E-state index in [1.165, 1.54) is 64.9 Å². The Morgan fingerprint density at radius 1 is 0.867 bits per heavy atom. The van der Waals surface area contributed by atoms with Gasteiger partial charge in [0.05, 0.1) is 34.8 Å². The van der Waals surface area contributed by atoms with E-state index in [0.717, 1.165) is 49.7 Å². The summed E-state index contributed by atoms with van der Waals surface area (Å²) in [4.78, 5) is 11.0. The van der Waals surface area contributed by atoms with Gasteiger partial charge in [0.2, 0.25) is 0 Å². The molecule has 0 aromatic heterocycles. The average Bonchev–Trinajstić information content (AvgIpc) is 2.69. The lowest BCUT2D eigenvalue weighted by Gasteiger charge is -2.24. The van der Waals surface area contributed by atoms with Gasteiger partial charge in [-0.2, -0.15) is 0 Å². The second-order valence-electron chi connectivity index (χ2n) is 9.54. The number of quaternary nitrogens is 1. The Morgan fingerprint density at radius 2 is 1.40 bits per heavy atom. The fourth-order valence-corrected chi connectivity index (χ4v) is 3.45. The van der Waals surface area contributed by atoms with Crippen molar-refractivity contribution in [3.63, 3.8) is 0 Å². The van der Waals surface area contributed by atoms with Crippen molar-refractivity contribution in [2.45, 2.75) is 103 Å². The van der Waals surface area contributed by atoms with Gasteiger partial charge in [0.15, 0.2) is 0 Å². The molecule has 0 heterocycles. The highest BCUT2D eigenvalue weighted by Gasteiger charge is 2.07. The lowest BCUT2D eigenvalue weighted by atomic mass is 10.1. The number of carbonyl (C=O) groups is 1. The second kappa shape index (κ2) is 20.0. The normalized spacial score (nSPS) is 13.1. The second-order valence-corrected chi connectivity index (χ2v) is 9.54. The number of nitrogens with zero attached hydrogens (tertiary/aromatic N) is 1. The lowest BCUT2D eigenvalue weighted by molar-refractivity contribution is -0.870. The number of allylic oxidation sites excluding steroid dienone is 2. The standard InChI is InChI=1S/C25H51N2O3/c1-27(2,3)23-19-22-26-24(28)20-17-15-13-11-9-7-5-6-8-10-12-14-16-18-21-25(29)30-4/h5-6,24,26,28H,7-23H2,1-4H3/q+1/b6-5+. The summed E-state index contributed by atoms with van der Waals surface area (Å²) in [5, 5.41) is 13.2. The minimum Gasteiger partial charge on any atom is -0.469 e. The number of rotatable bonds is 21. The van der Waals surface area contributed by atoms with Crippen molar-refractivity contribution in [1.82, 2.24) is 5.32 Å². The van der Waals surface area contributed by atoms with Gasteiger partial charge < -0.3 is 14.3 Å². The van der Waals surface area contributed by atoms with Crippen LogP contribution in [-0.2, 0) is 9.53 Å². The molecule has 0 saturated carbocycles. The van der Waals surface area contributed by atoms with Gasteiger partial charge in [0.25, 0.3) is 0 Å². The molecule has 178 valence electrons. The predicted octanol–water partition coefficient (Wildman–Crippen LogP) is 5.18. The summed E-state index contributed by atoms with van der Waals surface area (Å²) in [6.07, 6.45) is 21.2. The molecule has 0 saturated heterocycles. The molecule has 30 heavy (non-hydrogen) atoms. The van der Waals surface area contributed by atoms with Gasteiger partial charge in [-0.25, -0.2) is 0 Å².